The monoisotopic (exact) mass is 317 g/mol. The number of aliphatic carboxylic acids is 1. The number of hydrogen-bond donors (Lipinski definition) is 2. The molecule has 0 aliphatic heterocycles. The van der Waals surface area contributed by atoms with Crippen molar-refractivity contribution in [1.29, 1.82) is 0 Å². The third kappa shape index (κ3) is 7.53. The molecule has 0 aliphatic carbocycles. The van der Waals surface area contributed by atoms with Crippen LogP contribution < -0.4 is 10.1 Å². The Morgan fingerprint density at radius 1 is 1.18 bits per heavy atom. The van der Waals surface area contributed by atoms with Crippen LogP contribution in [-0.4, -0.2) is 49.3 Å². The molecule has 0 spiro atoms. The fourth-order valence-corrected chi connectivity index (χ4v) is 1.54. The van der Waals surface area contributed by atoms with Crippen LogP contribution in [-0.2, 0) is 14.3 Å². The number of para-hydroxylation sites is 1. The van der Waals surface area contributed by atoms with Crippen molar-refractivity contribution in [2.75, 3.05) is 19.8 Å². The van der Waals surface area contributed by atoms with Crippen LogP contribution in [0.15, 0.2) is 30.3 Å². The lowest BCUT2D eigenvalue weighted by Crippen LogP contribution is -2.43. The predicted octanol–water partition coefficient (Wildman–Crippen LogP) is 1.31. The topological polar surface area (TPSA) is 84.9 Å². The van der Waals surface area contributed by atoms with Crippen LogP contribution in [0.4, 0.5) is 8.78 Å². The number of benzene rings is 1. The molecule has 0 heterocycles. The van der Waals surface area contributed by atoms with Gasteiger partial charge in [-0.2, -0.15) is 0 Å². The van der Waals surface area contributed by atoms with Gasteiger partial charge < -0.3 is 19.9 Å². The highest BCUT2D eigenvalue weighted by Crippen LogP contribution is 2.07. The maximum atomic E-state index is 12.1. The van der Waals surface area contributed by atoms with Crippen LogP contribution in [0.5, 0.6) is 5.75 Å². The molecule has 1 atom stereocenters. The molecule has 0 saturated carbocycles. The minimum Gasteiger partial charge on any atom is -0.491 e. The second-order valence-electron chi connectivity index (χ2n) is 4.30. The second kappa shape index (κ2) is 9.67. The summed E-state index contributed by atoms with van der Waals surface area (Å²) >= 11 is 0. The Hall–Kier alpha value is -2.22. The number of amides is 1. The van der Waals surface area contributed by atoms with Crippen LogP contribution in [0.25, 0.3) is 0 Å². The summed E-state index contributed by atoms with van der Waals surface area (Å²) in [6, 6.07) is 7.34. The largest absolute Gasteiger partial charge is 0.491 e. The van der Waals surface area contributed by atoms with Crippen LogP contribution >= 0.6 is 0 Å². The summed E-state index contributed by atoms with van der Waals surface area (Å²) in [6.45, 7) is -0.114. The molecule has 122 valence electrons. The average Bonchev–Trinajstić information content (AvgIpc) is 2.46. The first-order valence-corrected chi connectivity index (χ1v) is 6.55. The lowest BCUT2D eigenvalue weighted by Gasteiger charge is -2.14. The smallest absolute Gasteiger partial charge is 0.326 e. The molecule has 6 nitrogen and oxygen atoms in total. The minimum atomic E-state index is -2.82. The van der Waals surface area contributed by atoms with Gasteiger partial charge in [0.05, 0.1) is 6.61 Å². The van der Waals surface area contributed by atoms with Gasteiger partial charge in [0, 0.05) is 6.42 Å². The van der Waals surface area contributed by atoms with Crippen LogP contribution in [0.1, 0.15) is 6.42 Å². The van der Waals surface area contributed by atoms with Crippen molar-refractivity contribution in [3.05, 3.63) is 30.3 Å². The highest BCUT2D eigenvalue weighted by Gasteiger charge is 2.23. The van der Waals surface area contributed by atoms with Gasteiger partial charge in [0.2, 0.25) is 12.3 Å². The van der Waals surface area contributed by atoms with Gasteiger partial charge >= 0.3 is 5.97 Å². The molecule has 0 bridgehead atoms. The van der Waals surface area contributed by atoms with E-state index in [0.29, 0.717) is 5.75 Å². The van der Waals surface area contributed by atoms with E-state index >= 15 is 0 Å². The minimum absolute atomic E-state index is 0.106. The Kier molecular flexibility index (Phi) is 7.84. The summed E-state index contributed by atoms with van der Waals surface area (Å²) in [5.74, 6) is -1.63. The number of ether oxygens (including phenoxy) is 2. The molecule has 1 amide bonds. The number of carboxylic acids is 1. The third-order valence-corrected chi connectivity index (χ3v) is 2.52. The van der Waals surface area contributed by atoms with Crippen molar-refractivity contribution < 1.29 is 33.0 Å². The van der Waals surface area contributed by atoms with Gasteiger partial charge in [-0.05, 0) is 12.1 Å². The first kappa shape index (κ1) is 17.8. The third-order valence-electron chi connectivity index (χ3n) is 2.52. The second-order valence-corrected chi connectivity index (χ2v) is 4.30. The van der Waals surface area contributed by atoms with Gasteiger partial charge in [0.1, 0.15) is 25.0 Å². The highest BCUT2D eigenvalue weighted by atomic mass is 19.3. The first-order chi connectivity index (χ1) is 10.5. The van der Waals surface area contributed by atoms with Gasteiger partial charge in [-0.15, -0.1) is 0 Å². The van der Waals surface area contributed by atoms with E-state index in [-0.39, 0.29) is 13.2 Å². The fourth-order valence-electron chi connectivity index (χ4n) is 1.54. The van der Waals surface area contributed by atoms with Crippen LogP contribution in [0, 0.1) is 0 Å². The molecular formula is C14H17F2NO5. The molecule has 0 aromatic heterocycles. The van der Waals surface area contributed by atoms with E-state index in [9.17, 15) is 18.4 Å². The van der Waals surface area contributed by atoms with Crippen LogP contribution in [0.2, 0.25) is 0 Å². The molecule has 0 radical (unpaired) electrons. The van der Waals surface area contributed by atoms with E-state index in [4.69, 9.17) is 14.6 Å². The normalized spacial score (nSPS) is 12.0. The summed E-state index contributed by atoms with van der Waals surface area (Å²) in [5.41, 5.74) is 0. The molecule has 8 heteroatoms. The molecule has 1 aromatic rings. The number of carbonyl (C=O) groups excluding carboxylic acids is 1. The zero-order valence-corrected chi connectivity index (χ0v) is 11.7. The van der Waals surface area contributed by atoms with E-state index in [1.165, 1.54) is 0 Å². The van der Waals surface area contributed by atoms with Crippen molar-refractivity contribution in [3.8, 4) is 5.75 Å². The molecule has 1 unspecified atom stereocenters. The molecule has 22 heavy (non-hydrogen) atoms. The molecule has 0 aliphatic rings. The van der Waals surface area contributed by atoms with Gasteiger partial charge in [-0.3, -0.25) is 4.79 Å². The Bertz CT molecular complexity index is 470. The quantitative estimate of drug-likeness (QED) is 0.636. The SMILES string of the molecule is O=C(COCCOc1ccccc1)NC(CC(F)F)C(=O)O. The summed E-state index contributed by atoms with van der Waals surface area (Å²) < 4.78 is 34.6. The number of carbonyl (C=O) groups is 2. The van der Waals surface area contributed by atoms with Crippen molar-refractivity contribution in [2.45, 2.75) is 18.9 Å². The van der Waals surface area contributed by atoms with E-state index in [1.807, 2.05) is 11.4 Å². The zero-order valence-electron chi connectivity index (χ0n) is 11.7. The average molecular weight is 317 g/mol. The molecule has 1 aromatic carbocycles. The number of rotatable bonds is 10. The van der Waals surface area contributed by atoms with E-state index < -0.39 is 37.4 Å². The summed E-state index contributed by atoms with van der Waals surface area (Å²) in [4.78, 5) is 22.1. The lowest BCUT2D eigenvalue weighted by atomic mass is 10.2. The standard InChI is InChI=1S/C14H17F2NO5/c15-12(16)8-11(14(19)20)17-13(18)9-21-6-7-22-10-4-2-1-3-5-10/h1-5,11-12H,6-9H2,(H,17,18)(H,19,20). The Labute approximate surface area is 126 Å². The van der Waals surface area contributed by atoms with Gasteiger partial charge in [0.15, 0.2) is 0 Å². The van der Waals surface area contributed by atoms with Crippen LogP contribution in [0.3, 0.4) is 0 Å². The maximum Gasteiger partial charge on any atom is 0.326 e. The highest BCUT2D eigenvalue weighted by molar-refractivity contribution is 5.84. The van der Waals surface area contributed by atoms with Gasteiger partial charge in [-0.25, -0.2) is 13.6 Å². The number of hydrogen-bond acceptors (Lipinski definition) is 4. The maximum absolute atomic E-state index is 12.1. The zero-order chi connectivity index (χ0) is 16.4. The number of halogens is 2. The van der Waals surface area contributed by atoms with E-state index in [2.05, 4.69) is 0 Å². The van der Waals surface area contributed by atoms with E-state index in [0.717, 1.165) is 0 Å². The molecule has 1 rings (SSSR count). The van der Waals surface area contributed by atoms with Crippen molar-refractivity contribution >= 4 is 11.9 Å². The van der Waals surface area contributed by atoms with E-state index in [1.54, 1.807) is 24.3 Å². The lowest BCUT2D eigenvalue weighted by molar-refractivity contribution is -0.143. The molecule has 0 saturated heterocycles. The number of alkyl halides is 2. The Morgan fingerprint density at radius 3 is 2.45 bits per heavy atom. The first-order valence-electron chi connectivity index (χ1n) is 6.55. The summed E-state index contributed by atoms with van der Waals surface area (Å²) in [7, 11) is 0. The predicted molar refractivity (Wildman–Crippen MR) is 72.9 cm³/mol. The molecular weight excluding hydrogens is 300 g/mol. The summed E-state index contributed by atoms with van der Waals surface area (Å²) in [6.07, 6.45) is -3.76. The number of nitrogens with one attached hydrogen (secondary N) is 1. The molecule has 2 N–H and O–H groups in total. The Morgan fingerprint density at radius 2 is 1.86 bits per heavy atom. The van der Waals surface area contributed by atoms with Crippen molar-refractivity contribution in [1.82, 2.24) is 5.32 Å². The van der Waals surface area contributed by atoms with Crippen molar-refractivity contribution in [2.24, 2.45) is 0 Å². The Balaban J connectivity index is 2.18. The van der Waals surface area contributed by atoms with Gasteiger partial charge in [-0.1, -0.05) is 18.2 Å². The fraction of sp³-hybridized carbons (Fsp3) is 0.429. The summed E-state index contributed by atoms with van der Waals surface area (Å²) in [5, 5.41) is 10.7. The number of carboxylic acid groups (broad SMARTS) is 1. The molecule has 0 fully saturated rings. The van der Waals surface area contributed by atoms with Crippen molar-refractivity contribution in [3.63, 3.8) is 0 Å². The van der Waals surface area contributed by atoms with Gasteiger partial charge in [0.25, 0.3) is 0 Å².